The maximum absolute atomic E-state index is 13.3. The van der Waals surface area contributed by atoms with Crippen LogP contribution in [0.25, 0.3) is 0 Å². The second-order valence-corrected chi connectivity index (χ2v) is 5.14. The summed E-state index contributed by atoms with van der Waals surface area (Å²) in [6, 6.07) is 7.93. The topological polar surface area (TPSA) is 92.4 Å². The normalized spacial score (nSPS) is 10.2. The third kappa shape index (κ3) is 3.57. The standard InChI is InChI=1S/C14H10BrFN2O3/c15-9-3-8(14(20)21)4-10(6-9)18-13(19)7-1-2-12(17)11(16)5-7/h1-6H,17H2,(H,18,19)(H,20,21). The molecule has 2 aromatic carbocycles. The third-order valence-corrected chi connectivity index (χ3v) is 3.12. The number of carboxylic acids is 1. The fraction of sp³-hybridized carbons (Fsp3) is 0. The van der Waals surface area contributed by atoms with Crippen LogP contribution in [0, 0.1) is 5.82 Å². The molecule has 0 fully saturated rings. The van der Waals surface area contributed by atoms with Crippen molar-refractivity contribution in [1.82, 2.24) is 0 Å². The molecule has 0 aliphatic carbocycles. The highest BCUT2D eigenvalue weighted by Crippen LogP contribution is 2.21. The summed E-state index contributed by atoms with van der Waals surface area (Å²) >= 11 is 3.16. The number of aromatic carboxylic acids is 1. The highest BCUT2D eigenvalue weighted by Gasteiger charge is 2.11. The van der Waals surface area contributed by atoms with Crippen LogP contribution in [-0.4, -0.2) is 17.0 Å². The molecule has 2 aromatic rings. The average Bonchev–Trinajstić information content (AvgIpc) is 2.41. The average molecular weight is 353 g/mol. The first-order valence-corrected chi connectivity index (χ1v) is 6.56. The molecule has 5 nitrogen and oxygen atoms in total. The minimum absolute atomic E-state index is 0.0168. The molecule has 0 unspecified atom stereocenters. The number of nitrogens with one attached hydrogen (secondary N) is 1. The van der Waals surface area contributed by atoms with Crippen LogP contribution in [0.2, 0.25) is 0 Å². The van der Waals surface area contributed by atoms with E-state index in [0.717, 1.165) is 6.07 Å². The maximum Gasteiger partial charge on any atom is 0.335 e. The first kappa shape index (κ1) is 15.0. The number of benzene rings is 2. The Morgan fingerprint density at radius 1 is 1.14 bits per heavy atom. The molecule has 0 heterocycles. The number of anilines is 2. The molecule has 4 N–H and O–H groups in total. The lowest BCUT2D eigenvalue weighted by Gasteiger charge is -2.08. The van der Waals surface area contributed by atoms with E-state index in [4.69, 9.17) is 10.8 Å². The van der Waals surface area contributed by atoms with E-state index in [1.807, 2.05) is 0 Å². The number of halogens is 2. The number of carbonyl (C=O) groups is 2. The van der Waals surface area contributed by atoms with E-state index >= 15 is 0 Å². The van der Waals surface area contributed by atoms with E-state index in [-0.39, 0.29) is 22.5 Å². The highest BCUT2D eigenvalue weighted by atomic mass is 79.9. The molecular formula is C14H10BrFN2O3. The Balaban J connectivity index is 2.27. The molecule has 0 bridgehead atoms. The van der Waals surface area contributed by atoms with Crippen molar-refractivity contribution in [3.63, 3.8) is 0 Å². The zero-order valence-corrected chi connectivity index (χ0v) is 12.1. The lowest BCUT2D eigenvalue weighted by molar-refractivity contribution is 0.0696. The van der Waals surface area contributed by atoms with Crippen molar-refractivity contribution in [2.45, 2.75) is 0 Å². The molecule has 0 atom stereocenters. The lowest BCUT2D eigenvalue weighted by Crippen LogP contribution is -2.13. The third-order valence-electron chi connectivity index (χ3n) is 2.67. The van der Waals surface area contributed by atoms with Gasteiger partial charge in [-0.05, 0) is 36.4 Å². The van der Waals surface area contributed by atoms with E-state index in [1.165, 1.54) is 30.3 Å². The van der Waals surface area contributed by atoms with Gasteiger partial charge in [0.05, 0.1) is 11.3 Å². The fourth-order valence-corrected chi connectivity index (χ4v) is 2.15. The summed E-state index contributed by atoms with van der Waals surface area (Å²) in [5.41, 5.74) is 5.66. The smallest absolute Gasteiger partial charge is 0.335 e. The molecule has 0 aliphatic heterocycles. The molecule has 1 amide bonds. The summed E-state index contributed by atoms with van der Waals surface area (Å²) in [6.07, 6.45) is 0. The summed E-state index contributed by atoms with van der Waals surface area (Å²) in [6.45, 7) is 0. The van der Waals surface area contributed by atoms with Gasteiger partial charge in [-0.25, -0.2) is 9.18 Å². The summed E-state index contributed by atoms with van der Waals surface area (Å²) in [5, 5.41) is 11.5. The van der Waals surface area contributed by atoms with Crippen LogP contribution < -0.4 is 11.1 Å². The molecule has 0 saturated heterocycles. The van der Waals surface area contributed by atoms with Crippen LogP contribution in [-0.2, 0) is 0 Å². The van der Waals surface area contributed by atoms with E-state index < -0.39 is 17.7 Å². The van der Waals surface area contributed by atoms with Gasteiger partial charge in [-0.2, -0.15) is 0 Å². The summed E-state index contributed by atoms with van der Waals surface area (Å²) in [5.74, 6) is -2.38. The van der Waals surface area contributed by atoms with Crippen molar-refractivity contribution in [3.05, 3.63) is 57.8 Å². The lowest BCUT2D eigenvalue weighted by atomic mass is 10.1. The van der Waals surface area contributed by atoms with Crippen molar-refractivity contribution in [2.24, 2.45) is 0 Å². The predicted octanol–water partition coefficient (Wildman–Crippen LogP) is 3.12. The number of hydrogen-bond acceptors (Lipinski definition) is 3. The van der Waals surface area contributed by atoms with Crippen molar-refractivity contribution in [2.75, 3.05) is 11.1 Å². The molecule has 0 saturated carbocycles. The second kappa shape index (κ2) is 5.92. The molecule has 0 spiro atoms. The Kier molecular flexibility index (Phi) is 4.23. The van der Waals surface area contributed by atoms with Gasteiger partial charge < -0.3 is 16.2 Å². The van der Waals surface area contributed by atoms with E-state index in [1.54, 1.807) is 0 Å². The Morgan fingerprint density at radius 2 is 1.86 bits per heavy atom. The number of carbonyl (C=O) groups excluding carboxylic acids is 1. The van der Waals surface area contributed by atoms with Crippen molar-refractivity contribution in [1.29, 1.82) is 0 Å². The number of nitrogens with two attached hydrogens (primary N) is 1. The molecule has 108 valence electrons. The minimum Gasteiger partial charge on any atom is -0.478 e. The van der Waals surface area contributed by atoms with Gasteiger partial charge in [0.2, 0.25) is 0 Å². The van der Waals surface area contributed by atoms with Gasteiger partial charge >= 0.3 is 5.97 Å². The number of amides is 1. The number of rotatable bonds is 3. The van der Waals surface area contributed by atoms with Gasteiger partial charge in [-0.1, -0.05) is 15.9 Å². The van der Waals surface area contributed by atoms with Gasteiger partial charge in [-0.15, -0.1) is 0 Å². The monoisotopic (exact) mass is 352 g/mol. The van der Waals surface area contributed by atoms with Crippen LogP contribution in [0.5, 0.6) is 0 Å². The van der Waals surface area contributed by atoms with Crippen LogP contribution in [0.3, 0.4) is 0 Å². The van der Waals surface area contributed by atoms with Gasteiger partial charge in [0.1, 0.15) is 5.82 Å². The van der Waals surface area contributed by atoms with E-state index in [2.05, 4.69) is 21.2 Å². The summed E-state index contributed by atoms with van der Waals surface area (Å²) in [7, 11) is 0. The van der Waals surface area contributed by atoms with Crippen LogP contribution >= 0.6 is 15.9 Å². The fourth-order valence-electron chi connectivity index (χ4n) is 1.66. The zero-order valence-electron chi connectivity index (χ0n) is 10.6. The largest absolute Gasteiger partial charge is 0.478 e. The van der Waals surface area contributed by atoms with E-state index in [9.17, 15) is 14.0 Å². The predicted molar refractivity (Wildman–Crippen MR) is 79.9 cm³/mol. The second-order valence-electron chi connectivity index (χ2n) is 4.22. The van der Waals surface area contributed by atoms with Gasteiger partial charge in [0.15, 0.2) is 0 Å². The SMILES string of the molecule is Nc1ccc(C(=O)Nc2cc(Br)cc(C(=O)O)c2)cc1F. The van der Waals surface area contributed by atoms with Gasteiger partial charge in [-0.3, -0.25) is 4.79 Å². The Morgan fingerprint density at radius 3 is 2.48 bits per heavy atom. The quantitative estimate of drug-likeness (QED) is 0.740. The number of nitrogen functional groups attached to an aromatic ring is 1. The molecule has 7 heteroatoms. The Hall–Kier alpha value is -2.41. The molecule has 0 radical (unpaired) electrons. The van der Waals surface area contributed by atoms with Crippen molar-refractivity contribution >= 4 is 39.2 Å². The first-order valence-electron chi connectivity index (χ1n) is 5.77. The van der Waals surface area contributed by atoms with Gasteiger partial charge in [0.25, 0.3) is 5.91 Å². The van der Waals surface area contributed by atoms with E-state index in [0.29, 0.717) is 4.47 Å². The van der Waals surface area contributed by atoms with Gasteiger partial charge in [0, 0.05) is 15.7 Å². The summed E-state index contributed by atoms with van der Waals surface area (Å²) < 4.78 is 13.8. The Labute approximate surface area is 127 Å². The van der Waals surface area contributed by atoms with Crippen molar-refractivity contribution < 1.29 is 19.1 Å². The van der Waals surface area contributed by atoms with Crippen molar-refractivity contribution in [3.8, 4) is 0 Å². The highest BCUT2D eigenvalue weighted by molar-refractivity contribution is 9.10. The molecular weight excluding hydrogens is 343 g/mol. The first-order chi connectivity index (χ1) is 9.86. The zero-order chi connectivity index (χ0) is 15.6. The number of carboxylic acid groups (broad SMARTS) is 1. The Bertz CT molecular complexity index is 734. The maximum atomic E-state index is 13.3. The minimum atomic E-state index is -1.12. The van der Waals surface area contributed by atoms with Crippen LogP contribution in [0.4, 0.5) is 15.8 Å². The van der Waals surface area contributed by atoms with Crippen LogP contribution in [0.1, 0.15) is 20.7 Å². The number of hydrogen-bond donors (Lipinski definition) is 3. The summed E-state index contributed by atoms with van der Waals surface area (Å²) in [4.78, 5) is 22.9. The molecule has 0 aromatic heterocycles. The molecule has 21 heavy (non-hydrogen) atoms. The molecule has 0 aliphatic rings. The molecule has 2 rings (SSSR count). The van der Waals surface area contributed by atoms with Crippen LogP contribution in [0.15, 0.2) is 40.9 Å².